The highest BCUT2D eigenvalue weighted by molar-refractivity contribution is 7.80. The molecule has 3 rings (SSSR count). The highest BCUT2D eigenvalue weighted by atomic mass is 32.2. The van der Waals surface area contributed by atoms with Gasteiger partial charge in [0.05, 0.1) is 26.4 Å². The van der Waals surface area contributed by atoms with E-state index in [1.807, 2.05) is 32.0 Å². The number of aliphatic carboxylic acids is 1. The number of ether oxygens (including phenoxy) is 1. The van der Waals surface area contributed by atoms with E-state index in [-0.39, 0.29) is 12.3 Å². The number of benzene rings is 2. The van der Waals surface area contributed by atoms with E-state index in [4.69, 9.17) is 15.6 Å². The molecule has 182 valence electrons. The van der Waals surface area contributed by atoms with E-state index in [0.29, 0.717) is 48.6 Å². The molecule has 0 fully saturated rings. The predicted molar refractivity (Wildman–Crippen MR) is 133 cm³/mol. The summed E-state index contributed by atoms with van der Waals surface area (Å²) in [4.78, 5) is 10.6. The Morgan fingerprint density at radius 1 is 1.15 bits per heavy atom. The number of anilines is 1. The topological polar surface area (TPSA) is 100 Å². The Labute approximate surface area is 204 Å². The maximum Gasteiger partial charge on any atom is 0.303 e. The molecule has 2 aromatic carbocycles. The van der Waals surface area contributed by atoms with Gasteiger partial charge in [0.1, 0.15) is 11.5 Å². The van der Waals surface area contributed by atoms with Crippen molar-refractivity contribution < 1.29 is 29.2 Å². The Morgan fingerprint density at radius 2 is 1.94 bits per heavy atom. The van der Waals surface area contributed by atoms with E-state index in [0.717, 1.165) is 15.4 Å². The lowest BCUT2D eigenvalue weighted by Crippen LogP contribution is -2.26. The van der Waals surface area contributed by atoms with Crippen LogP contribution < -0.4 is 9.04 Å². The second-order valence-corrected chi connectivity index (χ2v) is 9.04. The Balaban J connectivity index is 1.85. The minimum atomic E-state index is -2.47. The molecular weight excluding hydrogens is 454 g/mol. The van der Waals surface area contributed by atoms with Gasteiger partial charge >= 0.3 is 5.97 Å². The van der Waals surface area contributed by atoms with Gasteiger partial charge in [-0.1, -0.05) is 32.0 Å². The third kappa shape index (κ3) is 6.95. The van der Waals surface area contributed by atoms with Gasteiger partial charge in [-0.25, -0.2) is 4.21 Å². The van der Waals surface area contributed by atoms with Gasteiger partial charge in [0.25, 0.3) is 11.3 Å². The van der Waals surface area contributed by atoms with Crippen molar-refractivity contribution in [2.75, 3.05) is 10.9 Å². The number of carboxylic acid groups (broad SMARTS) is 1. The lowest BCUT2D eigenvalue weighted by molar-refractivity contribution is -0.137. The first kappa shape index (κ1) is 24.0. The monoisotopic (exact) mass is 486 g/mol. The van der Waals surface area contributed by atoms with E-state index in [2.05, 4.69) is 0 Å². The number of nitrogens with zero attached hydrogens (tertiary/aromatic N) is 1. The molecular formula is C26H31NO6S. The lowest BCUT2D eigenvalue weighted by atomic mass is 9.97. The average Bonchev–Trinajstić information content (AvgIpc) is 3.36. The standard InChI is InChI=1S/C26H31NO6S/c1-19(2)22-17-20(24-11-8-16-33-24)13-14-23(22)27(34(30)31)18-21-9-5-6-10-25(21)32-15-7-3-4-12-26(28)29/h5-6,8-11,13-14,16-17,19H,3-4,7,12,15,18H2,1-2H3,(H,28,29)(H,30,31)/i18D. The summed E-state index contributed by atoms with van der Waals surface area (Å²) in [6.45, 7) is 3.14. The molecule has 3 aromatic rings. The first-order valence-corrected chi connectivity index (χ1v) is 12.3. The number of hydrogen-bond donors (Lipinski definition) is 2. The van der Waals surface area contributed by atoms with Crippen LogP contribution in [0.5, 0.6) is 5.75 Å². The molecule has 0 amide bonds. The molecule has 8 heteroatoms. The van der Waals surface area contributed by atoms with Crippen LogP contribution in [-0.2, 0) is 22.6 Å². The number of para-hydroxylation sites is 1. The molecule has 0 bridgehead atoms. The van der Waals surface area contributed by atoms with E-state index in [1.54, 1.807) is 42.7 Å². The molecule has 7 nitrogen and oxygen atoms in total. The Hall–Kier alpha value is -3.10. The van der Waals surface area contributed by atoms with Crippen molar-refractivity contribution in [1.82, 2.24) is 0 Å². The van der Waals surface area contributed by atoms with Gasteiger partial charge in [0.15, 0.2) is 0 Å². The van der Waals surface area contributed by atoms with E-state index < -0.39 is 23.8 Å². The zero-order valence-corrected chi connectivity index (χ0v) is 20.2. The molecule has 2 unspecified atom stereocenters. The van der Waals surface area contributed by atoms with Gasteiger partial charge in [-0.15, -0.1) is 0 Å². The average molecular weight is 487 g/mol. The molecule has 2 N–H and O–H groups in total. The summed E-state index contributed by atoms with van der Waals surface area (Å²) in [7, 11) is 0. The van der Waals surface area contributed by atoms with Crippen molar-refractivity contribution in [2.45, 2.75) is 52.0 Å². The first-order valence-electron chi connectivity index (χ1n) is 11.8. The Morgan fingerprint density at radius 3 is 2.62 bits per heavy atom. The van der Waals surface area contributed by atoms with Gasteiger partial charge in [0, 0.05) is 17.5 Å². The quantitative estimate of drug-likeness (QED) is 0.219. The number of rotatable bonds is 13. The minimum absolute atomic E-state index is 0.0236. The van der Waals surface area contributed by atoms with Crippen LogP contribution in [0.2, 0.25) is 0 Å². The molecule has 34 heavy (non-hydrogen) atoms. The fourth-order valence-electron chi connectivity index (χ4n) is 3.59. The maximum absolute atomic E-state index is 12.5. The van der Waals surface area contributed by atoms with Crippen molar-refractivity contribution in [3.8, 4) is 17.1 Å². The third-order valence-corrected chi connectivity index (χ3v) is 5.97. The zero-order valence-electron chi connectivity index (χ0n) is 20.3. The molecule has 0 aliphatic heterocycles. The van der Waals surface area contributed by atoms with Crippen LogP contribution in [0.4, 0.5) is 5.69 Å². The number of hydrogen-bond acceptors (Lipinski definition) is 4. The van der Waals surface area contributed by atoms with Crippen molar-refractivity contribution in [3.63, 3.8) is 0 Å². The van der Waals surface area contributed by atoms with Gasteiger partial charge in [0.2, 0.25) is 0 Å². The molecule has 0 spiro atoms. The summed E-state index contributed by atoms with van der Waals surface area (Å²) in [6, 6.07) is 16.1. The summed E-state index contributed by atoms with van der Waals surface area (Å²) in [5, 5.41) is 8.75. The van der Waals surface area contributed by atoms with Crippen LogP contribution in [0.1, 0.15) is 57.9 Å². The fourth-order valence-corrected chi connectivity index (χ4v) is 4.13. The van der Waals surface area contributed by atoms with Crippen molar-refractivity contribution in [3.05, 3.63) is 72.0 Å². The highest BCUT2D eigenvalue weighted by Gasteiger charge is 2.21. The summed E-state index contributed by atoms with van der Waals surface area (Å²) < 4.78 is 44.2. The lowest BCUT2D eigenvalue weighted by Gasteiger charge is -2.25. The second kappa shape index (κ2) is 12.4. The van der Waals surface area contributed by atoms with Crippen LogP contribution >= 0.6 is 0 Å². The minimum Gasteiger partial charge on any atom is -0.493 e. The summed E-state index contributed by atoms with van der Waals surface area (Å²) >= 11 is -2.47. The van der Waals surface area contributed by atoms with Crippen molar-refractivity contribution in [2.24, 2.45) is 0 Å². The third-order valence-electron chi connectivity index (χ3n) is 5.33. The van der Waals surface area contributed by atoms with Crippen LogP contribution in [0.25, 0.3) is 11.3 Å². The van der Waals surface area contributed by atoms with Crippen molar-refractivity contribution >= 4 is 22.9 Å². The Kier molecular flexibility index (Phi) is 8.76. The number of unbranched alkanes of at least 4 members (excludes halogenated alkanes) is 2. The largest absolute Gasteiger partial charge is 0.493 e. The first-order chi connectivity index (χ1) is 16.8. The second-order valence-electron chi connectivity index (χ2n) is 8.18. The highest BCUT2D eigenvalue weighted by Crippen LogP contribution is 2.35. The summed E-state index contributed by atoms with van der Waals surface area (Å²) in [5.41, 5.74) is 2.61. The van der Waals surface area contributed by atoms with Crippen LogP contribution in [-0.4, -0.2) is 26.4 Å². The number of carboxylic acids is 1. The van der Waals surface area contributed by atoms with Gasteiger partial charge < -0.3 is 14.3 Å². The van der Waals surface area contributed by atoms with E-state index in [1.165, 1.54) is 0 Å². The van der Waals surface area contributed by atoms with E-state index >= 15 is 0 Å². The van der Waals surface area contributed by atoms with Gasteiger partial charge in [-0.05, 0) is 67.1 Å². The molecule has 0 saturated carbocycles. The van der Waals surface area contributed by atoms with E-state index in [9.17, 15) is 13.6 Å². The molecule has 0 radical (unpaired) electrons. The van der Waals surface area contributed by atoms with Crippen molar-refractivity contribution in [1.29, 1.82) is 0 Å². The molecule has 1 heterocycles. The molecule has 0 saturated heterocycles. The molecule has 1 aromatic heterocycles. The normalized spacial score (nSPS) is 13.4. The summed E-state index contributed by atoms with van der Waals surface area (Å²) in [6.07, 6.45) is 3.68. The fraction of sp³-hybridized carbons (Fsp3) is 0.346. The number of furan rings is 1. The summed E-state index contributed by atoms with van der Waals surface area (Å²) in [5.74, 6) is 0.359. The zero-order chi connectivity index (χ0) is 25.4. The Bertz CT molecular complexity index is 1130. The molecule has 0 aliphatic carbocycles. The molecule has 2 atom stereocenters. The van der Waals surface area contributed by atoms with Gasteiger partial charge in [-0.3, -0.25) is 13.7 Å². The van der Waals surface area contributed by atoms with Crippen LogP contribution in [0.15, 0.2) is 65.3 Å². The molecule has 0 aliphatic rings. The predicted octanol–water partition coefficient (Wildman–Crippen LogP) is 6.24. The maximum atomic E-state index is 12.5. The number of carbonyl (C=O) groups is 1. The SMILES string of the molecule is [2H]C(c1ccccc1OCCCCCC(=O)O)N(c1ccc(-c2ccco2)cc1C(C)C)S(=O)O. The van der Waals surface area contributed by atoms with Gasteiger partial charge in [-0.2, -0.15) is 0 Å². The van der Waals surface area contributed by atoms with Crippen LogP contribution in [0.3, 0.4) is 0 Å². The van der Waals surface area contributed by atoms with Crippen LogP contribution in [0, 0.1) is 0 Å². The smallest absolute Gasteiger partial charge is 0.303 e.